The molecule has 2 amide bonds. The van der Waals surface area contributed by atoms with Gasteiger partial charge >= 0.3 is 6.09 Å². The van der Waals surface area contributed by atoms with Gasteiger partial charge in [0.25, 0.3) is 0 Å². The van der Waals surface area contributed by atoms with Gasteiger partial charge in [0.05, 0.1) is 6.10 Å². The Kier molecular flexibility index (Phi) is 8.26. The van der Waals surface area contributed by atoms with Gasteiger partial charge in [-0.3, -0.25) is 4.79 Å². The molecule has 134 valence electrons. The van der Waals surface area contributed by atoms with Gasteiger partial charge in [0.1, 0.15) is 5.60 Å². The molecule has 0 radical (unpaired) electrons. The molecule has 2 N–H and O–H groups in total. The zero-order valence-electron chi connectivity index (χ0n) is 14.9. The lowest BCUT2D eigenvalue weighted by Crippen LogP contribution is -2.34. The van der Waals surface area contributed by atoms with E-state index in [0.717, 1.165) is 5.56 Å². The van der Waals surface area contributed by atoms with Crippen LogP contribution in [-0.4, -0.2) is 37.8 Å². The molecule has 6 nitrogen and oxygen atoms in total. The number of ether oxygens (including phenoxy) is 2. The first kappa shape index (κ1) is 20.0. The van der Waals surface area contributed by atoms with Crippen LogP contribution in [0, 0.1) is 0 Å². The van der Waals surface area contributed by atoms with Crippen LogP contribution in [0.15, 0.2) is 30.3 Å². The van der Waals surface area contributed by atoms with E-state index in [2.05, 4.69) is 10.6 Å². The van der Waals surface area contributed by atoms with Gasteiger partial charge < -0.3 is 20.1 Å². The fourth-order valence-corrected chi connectivity index (χ4v) is 2.05. The Labute approximate surface area is 143 Å². The van der Waals surface area contributed by atoms with E-state index in [0.29, 0.717) is 25.9 Å². The summed E-state index contributed by atoms with van der Waals surface area (Å²) in [4.78, 5) is 23.3. The van der Waals surface area contributed by atoms with Crippen LogP contribution in [0.2, 0.25) is 0 Å². The molecule has 0 saturated heterocycles. The number of amides is 2. The fraction of sp³-hybridized carbons (Fsp3) is 0.556. The lowest BCUT2D eigenvalue weighted by molar-refractivity contribution is -0.121. The third kappa shape index (κ3) is 8.53. The van der Waals surface area contributed by atoms with Crippen molar-refractivity contribution in [3.8, 4) is 0 Å². The molecule has 6 heteroatoms. The van der Waals surface area contributed by atoms with Crippen molar-refractivity contribution in [1.82, 2.24) is 10.6 Å². The van der Waals surface area contributed by atoms with E-state index >= 15 is 0 Å². The normalized spacial score (nSPS) is 12.3. The third-order valence-electron chi connectivity index (χ3n) is 3.19. The van der Waals surface area contributed by atoms with Crippen molar-refractivity contribution in [1.29, 1.82) is 0 Å². The Hall–Kier alpha value is -2.08. The standard InChI is InChI=1S/C18H28N2O4/c1-18(2,3)24-17(22)19-12-8-11-16(21)20-13-15(23-4)14-9-6-5-7-10-14/h5-7,9-10,15H,8,11-13H2,1-4H3,(H,19,22)(H,20,21). The molecule has 0 aromatic heterocycles. The van der Waals surface area contributed by atoms with E-state index in [4.69, 9.17) is 9.47 Å². The molecule has 0 bridgehead atoms. The van der Waals surface area contributed by atoms with Crippen molar-refractivity contribution < 1.29 is 19.1 Å². The van der Waals surface area contributed by atoms with Crippen LogP contribution >= 0.6 is 0 Å². The molecule has 1 atom stereocenters. The molecule has 1 unspecified atom stereocenters. The van der Waals surface area contributed by atoms with E-state index in [1.54, 1.807) is 27.9 Å². The van der Waals surface area contributed by atoms with Gasteiger partial charge in [0.15, 0.2) is 0 Å². The molecular formula is C18H28N2O4. The monoisotopic (exact) mass is 336 g/mol. The van der Waals surface area contributed by atoms with E-state index in [1.807, 2.05) is 30.3 Å². The van der Waals surface area contributed by atoms with E-state index in [-0.39, 0.29) is 12.0 Å². The smallest absolute Gasteiger partial charge is 0.407 e. The van der Waals surface area contributed by atoms with Gasteiger partial charge in [-0.15, -0.1) is 0 Å². The summed E-state index contributed by atoms with van der Waals surface area (Å²) in [6.07, 6.45) is 0.246. The quantitative estimate of drug-likeness (QED) is 0.716. The summed E-state index contributed by atoms with van der Waals surface area (Å²) in [6, 6.07) is 9.74. The average molecular weight is 336 g/mol. The van der Waals surface area contributed by atoms with Crippen LogP contribution < -0.4 is 10.6 Å². The maximum absolute atomic E-state index is 11.9. The Bertz CT molecular complexity index is 512. The molecule has 24 heavy (non-hydrogen) atoms. The zero-order valence-corrected chi connectivity index (χ0v) is 14.9. The van der Waals surface area contributed by atoms with Gasteiger partial charge in [0.2, 0.25) is 5.91 Å². The second-order valence-corrected chi connectivity index (χ2v) is 6.47. The second-order valence-electron chi connectivity index (χ2n) is 6.47. The number of carbonyl (C=O) groups is 2. The average Bonchev–Trinajstić information content (AvgIpc) is 2.51. The van der Waals surface area contributed by atoms with Crippen molar-refractivity contribution in [3.63, 3.8) is 0 Å². The zero-order chi connectivity index (χ0) is 18.0. The second kappa shape index (κ2) is 9.93. The highest BCUT2D eigenvalue weighted by Crippen LogP contribution is 2.14. The van der Waals surface area contributed by atoms with Crippen molar-refractivity contribution >= 4 is 12.0 Å². The molecule has 0 aliphatic carbocycles. The summed E-state index contributed by atoms with van der Waals surface area (Å²) in [5, 5.41) is 5.48. The van der Waals surface area contributed by atoms with Gasteiger partial charge in [-0.1, -0.05) is 30.3 Å². The van der Waals surface area contributed by atoms with Gasteiger partial charge in [-0.25, -0.2) is 4.79 Å². The molecule has 0 fully saturated rings. The lowest BCUT2D eigenvalue weighted by atomic mass is 10.1. The highest BCUT2D eigenvalue weighted by molar-refractivity contribution is 5.76. The largest absolute Gasteiger partial charge is 0.444 e. The first-order valence-electron chi connectivity index (χ1n) is 8.13. The van der Waals surface area contributed by atoms with Crippen LogP contribution in [0.1, 0.15) is 45.3 Å². The first-order valence-corrected chi connectivity index (χ1v) is 8.13. The van der Waals surface area contributed by atoms with Crippen LogP contribution in [0.5, 0.6) is 0 Å². The fourth-order valence-electron chi connectivity index (χ4n) is 2.05. The Morgan fingerprint density at radius 1 is 1.12 bits per heavy atom. The molecule has 0 spiro atoms. The van der Waals surface area contributed by atoms with Crippen LogP contribution in [0.4, 0.5) is 4.79 Å². The third-order valence-corrected chi connectivity index (χ3v) is 3.19. The minimum absolute atomic E-state index is 0.0704. The summed E-state index contributed by atoms with van der Waals surface area (Å²) in [5.41, 5.74) is 0.500. The molecule has 0 aliphatic heterocycles. The number of benzene rings is 1. The highest BCUT2D eigenvalue weighted by atomic mass is 16.6. The summed E-state index contributed by atoms with van der Waals surface area (Å²) in [7, 11) is 1.62. The van der Waals surface area contributed by atoms with Gasteiger partial charge in [0, 0.05) is 26.6 Å². The number of methoxy groups -OCH3 is 1. The summed E-state index contributed by atoms with van der Waals surface area (Å²) in [5.74, 6) is -0.0704. The highest BCUT2D eigenvalue weighted by Gasteiger charge is 2.15. The van der Waals surface area contributed by atoms with Gasteiger partial charge in [-0.05, 0) is 32.8 Å². The summed E-state index contributed by atoms with van der Waals surface area (Å²) in [6.45, 7) is 6.23. The molecule has 1 rings (SSSR count). The van der Waals surface area contributed by atoms with Crippen LogP contribution in [0.3, 0.4) is 0 Å². The Morgan fingerprint density at radius 3 is 2.38 bits per heavy atom. The van der Waals surface area contributed by atoms with Crippen LogP contribution in [-0.2, 0) is 14.3 Å². The van der Waals surface area contributed by atoms with E-state index in [9.17, 15) is 9.59 Å². The molecular weight excluding hydrogens is 308 g/mol. The molecule has 1 aromatic carbocycles. The number of nitrogens with one attached hydrogen (secondary N) is 2. The number of rotatable bonds is 8. The summed E-state index contributed by atoms with van der Waals surface area (Å²) < 4.78 is 10.5. The predicted octanol–water partition coefficient (Wildman–Crippen LogP) is 2.80. The maximum atomic E-state index is 11.9. The maximum Gasteiger partial charge on any atom is 0.407 e. The van der Waals surface area contributed by atoms with E-state index in [1.165, 1.54) is 0 Å². The minimum atomic E-state index is -0.520. The van der Waals surface area contributed by atoms with Crippen molar-refractivity contribution in [2.75, 3.05) is 20.2 Å². The van der Waals surface area contributed by atoms with Crippen molar-refractivity contribution in [3.05, 3.63) is 35.9 Å². The van der Waals surface area contributed by atoms with Crippen LogP contribution in [0.25, 0.3) is 0 Å². The predicted molar refractivity (Wildman–Crippen MR) is 92.7 cm³/mol. The number of carbonyl (C=O) groups excluding carboxylic acids is 2. The van der Waals surface area contributed by atoms with Crippen molar-refractivity contribution in [2.24, 2.45) is 0 Å². The lowest BCUT2D eigenvalue weighted by Gasteiger charge is -2.19. The number of alkyl carbamates (subject to hydrolysis) is 1. The topological polar surface area (TPSA) is 76.7 Å². The summed E-state index contributed by atoms with van der Waals surface area (Å²) >= 11 is 0. The SMILES string of the molecule is COC(CNC(=O)CCCNC(=O)OC(C)(C)C)c1ccccc1. The molecule has 0 aliphatic rings. The Balaban J connectivity index is 2.21. The minimum Gasteiger partial charge on any atom is -0.444 e. The molecule has 0 saturated carbocycles. The van der Waals surface area contributed by atoms with Gasteiger partial charge in [-0.2, -0.15) is 0 Å². The number of hydrogen-bond acceptors (Lipinski definition) is 4. The molecule has 0 heterocycles. The number of hydrogen-bond donors (Lipinski definition) is 2. The first-order chi connectivity index (χ1) is 11.3. The Morgan fingerprint density at radius 2 is 1.79 bits per heavy atom. The molecule has 1 aromatic rings. The van der Waals surface area contributed by atoms with Crippen molar-refractivity contribution in [2.45, 2.75) is 45.3 Å². The van der Waals surface area contributed by atoms with E-state index < -0.39 is 11.7 Å².